The van der Waals surface area contributed by atoms with E-state index in [1.54, 1.807) is 6.92 Å². The molecule has 2 heteroatoms. The van der Waals surface area contributed by atoms with Gasteiger partial charge in [0.05, 0.1) is 6.04 Å². The van der Waals surface area contributed by atoms with Gasteiger partial charge < -0.3 is 5.32 Å². The van der Waals surface area contributed by atoms with Gasteiger partial charge in [0, 0.05) is 0 Å². The van der Waals surface area contributed by atoms with Crippen molar-refractivity contribution in [2.45, 2.75) is 60.9 Å². The highest BCUT2D eigenvalue weighted by Crippen LogP contribution is 2.04. The van der Waals surface area contributed by atoms with Crippen molar-refractivity contribution in [3.8, 4) is 0 Å². The van der Waals surface area contributed by atoms with Crippen LogP contribution in [0.2, 0.25) is 0 Å². The van der Waals surface area contributed by atoms with Crippen LogP contribution in [0.5, 0.6) is 0 Å². The molecule has 0 aliphatic carbocycles. The Balaban J connectivity index is -0.000000266. The van der Waals surface area contributed by atoms with Gasteiger partial charge in [-0.1, -0.05) is 41.5 Å². The first-order chi connectivity index (χ1) is 6.57. The number of ketones is 1. The van der Waals surface area contributed by atoms with Crippen molar-refractivity contribution in [3.63, 3.8) is 0 Å². The molecule has 2 nitrogen and oxygen atoms in total. The highest BCUT2D eigenvalue weighted by Gasteiger charge is 2.12. The van der Waals surface area contributed by atoms with Crippen molar-refractivity contribution in [3.05, 3.63) is 0 Å². The molecule has 14 heavy (non-hydrogen) atoms. The van der Waals surface area contributed by atoms with Crippen molar-refractivity contribution in [1.82, 2.24) is 5.32 Å². The van der Waals surface area contributed by atoms with E-state index in [2.05, 4.69) is 19.2 Å². The lowest BCUT2D eigenvalue weighted by Gasteiger charge is -2.14. The van der Waals surface area contributed by atoms with E-state index in [1.807, 2.05) is 34.7 Å². The molecule has 0 fully saturated rings. The maximum atomic E-state index is 10.8. The van der Waals surface area contributed by atoms with Crippen molar-refractivity contribution in [2.75, 3.05) is 7.05 Å². The number of hydrogen-bond acceptors (Lipinski definition) is 2. The second-order valence-electron chi connectivity index (χ2n) is 3.08. The van der Waals surface area contributed by atoms with Crippen LogP contribution in [0.3, 0.4) is 0 Å². The highest BCUT2D eigenvalue weighted by molar-refractivity contribution is 5.81. The largest absolute Gasteiger partial charge is 0.311 e. The molecule has 0 saturated carbocycles. The minimum absolute atomic E-state index is 0.0556. The zero-order valence-electron chi connectivity index (χ0n) is 11.3. The second kappa shape index (κ2) is 15.1. The molecule has 0 saturated heterocycles. The monoisotopic (exact) mass is 203 g/mol. The topological polar surface area (TPSA) is 29.1 Å². The fourth-order valence-electron chi connectivity index (χ4n) is 0.958. The van der Waals surface area contributed by atoms with Crippen LogP contribution in [-0.4, -0.2) is 18.9 Å². The molecule has 0 aliphatic rings. The Morgan fingerprint density at radius 3 is 1.57 bits per heavy atom. The number of Topliss-reactive ketones (excluding diaryl/α,β-unsaturated/α-hetero) is 1. The van der Waals surface area contributed by atoms with Crippen molar-refractivity contribution in [2.24, 2.45) is 5.92 Å². The van der Waals surface area contributed by atoms with Gasteiger partial charge >= 0.3 is 0 Å². The summed E-state index contributed by atoms with van der Waals surface area (Å²) in [6, 6.07) is 0.0556. The zero-order chi connectivity index (χ0) is 12.1. The number of likely N-dealkylation sites (N-methyl/N-ethyl adjacent to an activating group) is 1. The van der Waals surface area contributed by atoms with Gasteiger partial charge in [0.1, 0.15) is 5.78 Å². The fraction of sp³-hybridized carbons (Fsp3) is 0.917. The van der Waals surface area contributed by atoms with Crippen LogP contribution in [0, 0.1) is 5.92 Å². The van der Waals surface area contributed by atoms with Gasteiger partial charge in [-0.15, -0.1) is 0 Å². The lowest BCUT2D eigenvalue weighted by atomic mass is 10.0. The Morgan fingerprint density at radius 2 is 1.50 bits per heavy atom. The van der Waals surface area contributed by atoms with Gasteiger partial charge in [-0.25, -0.2) is 0 Å². The third kappa shape index (κ3) is 14.2. The van der Waals surface area contributed by atoms with Crippen LogP contribution in [0.25, 0.3) is 0 Å². The first-order valence-electron chi connectivity index (χ1n) is 5.75. The van der Waals surface area contributed by atoms with Crippen molar-refractivity contribution in [1.29, 1.82) is 0 Å². The van der Waals surface area contributed by atoms with E-state index in [-0.39, 0.29) is 11.8 Å². The highest BCUT2D eigenvalue weighted by atomic mass is 16.1. The lowest BCUT2D eigenvalue weighted by molar-refractivity contribution is -0.119. The lowest BCUT2D eigenvalue weighted by Crippen LogP contribution is -2.33. The fourth-order valence-corrected chi connectivity index (χ4v) is 0.958. The van der Waals surface area contributed by atoms with Crippen LogP contribution in [0.1, 0.15) is 54.9 Å². The Labute approximate surface area is 90.5 Å². The number of carbonyl (C=O) groups excluding carboxylic acids is 1. The molecule has 0 aromatic heterocycles. The van der Waals surface area contributed by atoms with Crippen LogP contribution >= 0.6 is 0 Å². The number of rotatable bonds is 4. The summed E-state index contributed by atoms with van der Waals surface area (Å²) in [6.07, 6.45) is 0.936. The standard InChI is InChI=1S/C8H17NO.2C2H6/c1-6(2)5-8(9-4)7(3)10;2*1-2/h6,8-9H,5H2,1-4H3;2*1-2H3/t8-;;/m0../s1. The quantitative estimate of drug-likeness (QED) is 0.760. The molecule has 0 aromatic carbocycles. The summed E-state index contributed by atoms with van der Waals surface area (Å²) in [4.78, 5) is 10.8. The summed E-state index contributed by atoms with van der Waals surface area (Å²) in [7, 11) is 1.83. The van der Waals surface area contributed by atoms with Crippen LogP contribution in [0.4, 0.5) is 0 Å². The first kappa shape index (κ1) is 19.2. The van der Waals surface area contributed by atoms with Gasteiger partial charge in [0.2, 0.25) is 0 Å². The zero-order valence-corrected chi connectivity index (χ0v) is 11.3. The minimum Gasteiger partial charge on any atom is -0.311 e. The summed E-state index contributed by atoms with van der Waals surface area (Å²) < 4.78 is 0. The van der Waals surface area contributed by atoms with Crippen molar-refractivity contribution >= 4 is 5.78 Å². The number of carbonyl (C=O) groups is 1. The van der Waals surface area contributed by atoms with Gasteiger partial charge in [0.25, 0.3) is 0 Å². The Morgan fingerprint density at radius 1 is 1.14 bits per heavy atom. The molecular weight excluding hydrogens is 174 g/mol. The molecule has 0 aromatic rings. The van der Waals surface area contributed by atoms with Gasteiger partial charge in [-0.2, -0.15) is 0 Å². The van der Waals surface area contributed by atoms with Gasteiger partial charge in [-0.05, 0) is 26.3 Å². The first-order valence-corrected chi connectivity index (χ1v) is 5.75. The molecule has 1 N–H and O–H groups in total. The molecule has 0 radical (unpaired) electrons. The summed E-state index contributed by atoms with van der Waals surface area (Å²) in [5.41, 5.74) is 0. The molecule has 1 atom stereocenters. The molecule has 0 rings (SSSR count). The third-order valence-corrected chi connectivity index (χ3v) is 1.55. The van der Waals surface area contributed by atoms with E-state index in [9.17, 15) is 4.79 Å². The molecule has 88 valence electrons. The molecule has 0 aliphatic heterocycles. The van der Waals surface area contributed by atoms with Crippen LogP contribution in [-0.2, 0) is 4.79 Å². The van der Waals surface area contributed by atoms with E-state index >= 15 is 0 Å². The number of hydrogen-bond donors (Lipinski definition) is 1. The van der Waals surface area contributed by atoms with Crippen LogP contribution < -0.4 is 5.32 Å². The van der Waals surface area contributed by atoms with E-state index in [0.29, 0.717) is 5.92 Å². The molecule has 0 amide bonds. The van der Waals surface area contributed by atoms with E-state index in [4.69, 9.17) is 0 Å². The smallest absolute Gasteiger partial charge is 0.146 e. The summed E-state index contributed by atoms with van der Waals surface area (Å²) in [5.74, 6) is 0.817. The normalized spacial score (nSPS) is 10.6. The maximum absolute atomic E-state index is 10.8. The van der Waals surface area contributed by atoms with Crippen LogP contribution in [0.15, 0.2) is 0 Å². The second-order valence-corrected chi connectivity index (χ2v) is 3.08. The third-order valence-electron chi connectivity index (χ3n) is 1.55. The Kier molecular flexibility index (Phi) is 20.8. The van der Waals surface area contributed by atoms with Gasteiger partial charge in [0.15, 0.2) is 0 Å². The average molecular weight is 203 g/mol. The summed E-state index contributed by atoms with van der Waals surface area (Å²) in [5, 5.41) is 2.98. The Hall–Kier alpha value is -0.370. The number of nitrogens with one attached hydrogen (secondary N) is 1. The predicted molar refractivity (Wildman–Crippen MR) is 65.7 cm³/mol. The molecule has 0 heterocycles. The van der Waals surface area contributed by atoms with E-state index in [1.165, 1.54) is 0 Å². The summed E-state index contributed by atoms with van der Waals surface area (Å²) in [6.45, 7) is 13.9. The predicted octanol–water partition coefficient (Wildman–Crippen LogP) is 3.26. The van der Waals surface area contributed by atoms with E-state index < -0.39 is 0 Å². The maximum Gasteiger partial charge on any atom is 0.146 e. The van der Waals surface area contributed by atoms with Gasteiger partial charge in [-0.3, -0.25) is 4.79 Å². The molecule has 0 unspecified atom stereocenters. The summed E-state index contributed by atoms with van der Waals surface area (Å²) >= 11 is 0. The SMILES string of the molecule is CC.CC.CN[C@@H](CC(C)C)C(C)=O. The average Bonchev–Trinajstić information content (AvgIpc) is 2.19. The van der Waals surface area contributed by atoms with E-state index in [0.717, 1.165) is 6.42 Å². The molecule has 0 bridgehead atoms. The van der Waals surface area contributed by atoms with Crippen molar-refractivity contribution < 1.29 is 4.79 Å². The Bertz CT molecular complexity index is 111. The molecular formula is C12H29NO. The molecule has 0 spiro atoms. The minimum atomic E-state index is 0.0556.